The van der Waals surface area contributed by atoms with Crippen molar-refractivity contribution in [1.29, 1.82) is 0 Å². The van der Waals surface area contributed by atoms with E-state index in [-0.39, 0.29) is 12.0 Å². The minimum Gasteiger partial charge on any atom is -0.468 e. The molecule has 1 aromatic heterocycles. The third kappa shape index (κ3) is 2.69. The van der Waals surface area contributed by atoms with Crippen molar-refractivity contribution in [1.82, 2.24) is 0 Å². The summed E-state index contributed by atoms with van der Waals surface area (Å²) in [7, 11) is 2.46. The molecule has 0 N–H and O–H groups in total. The molecule has 6 heteroatoms. The van der Waals surface area contributed by atoms with Gasteiger partial charge in [-0.3, -0.25) is 9.59 Å². The lowest BCUT2D eigenvalue weighted by atomic mass is 9.72. The number of hydrogen-bond donors (Lipinski definition) is 0. The van der Waals surface area contributed by atoms with Gasteiger partial charge >= 0.3 is 17.6 Å². The summed E-state index contributed by atoms with van der Waals surface area (Å²) in [6.45, 7) is 0. The third-order valence-electron chi connectivity index (χ3n) is 6.40. The van der Waals surface area contributed by atoms with Crippen LogP contribution in [0, 0.1) is 5.41 Å². The first-order chi connectivity index (χ1) is 15.5. The van der Waals surface area contributed by atoms with Crippen molar-refractivity contribution in [2.75, 3.05) is 14.2 Å². The number of hydrogen-bond acceptors (Lipinski definition) is 6. The molecule has 0 unspecified atom stereocenters. The van der Waals surface area contributed by atoms with Gasteiger partial charge in [-0.05, 0) is 28.0 Å². The van der Waals surface area contributed by atoms with E-state index in [1.807, 2.05) is 54.6 Å². The monoisotopic (exact) mass is 428 g/mol. The van der Waals surface area contributed by atoms with E-state index in [1.54, 1.807) is 12.1 Å². The first-order valence-electron chi connectivity index (χ1n) is 10.2. The van der Waals surface area contributed by atoms with Gasteiger partial charge in [-0.15, -0.1) is 0 Å². The topological polar surface area (TPSA) is 82.8 Å². The second-order valence-electron chi connectivity index (χ2n) is 7.95. The maximum atomic E-state index is 13.2. The van der Waals surface area contributed by atoms with Crippen LogP contribution in [-0.2, 0) is 25.5 Å². The van der Waals surface area contributed by atoms with E-state index in [9.17, 15) is 14.4 Å². The Kier molecular flexibility index (Phi) is 4.59. The summed E-state index contributed by atoms with van der Waals surface area (Å²) in [5.74, 6) is -2.41. The summed E-state index contributed by atoms with van der Waals surface area (Å²) in [4.78, 5) is 39.7. The van der Waals surface area contributed by atoms with Gasteiger partial charge < -0.3 is 13.9 Å². The zero-order valence-corrected chi connectivity index (χ0v) is 17.6. The minimum absolute atomic E-state index is 0.0225. The van der Waals surface area contributed by atoms with Crippen molar-refractivity contribution in [2.45, 2.75) is 12.3 Å². The van der Waals surface area contributed by atoms with E-state index < -0.39 is 28.9 Å². The molecule has 0 bridgehead atoms. The summed E-state index contributed by atoms with van der Waals surface area (Å²) in [5.41, 5.74) is -0.389. The highest BCUT2D eigenvalue weighted by atomic mass is 16.5. The molecular weight excluding hydrogens is 408 g/mol. The number of rotatable bonds is 3. The molecule has 5 rings (SSSR count). The molecule has 32 heavy (non-hydrogen) atoms. The molecule has 6 nitrogen and oxygen atoms in total. The lowest BCUT2D eigenvalue weighted by molar-refractivity contribution is -0.169. The summed E-state index contributed by atoms with van der Waals surface area (Å²) in [6, 6.07) is 20.5. The van der Waals surface area contributed by atoms with Crippen LogP contribution in [-0.4, -0.2) is 26.2 Å². The molecule has 0 fully saturated rings. The number of esters is 2. The van der Waals surface area contributed by atoms with E-state index in [2.05, 4.69) is 0 Å². The Labute approximate surface area is 183 Å². The number of benzene rings is 3. The van der Waals surface area contributed by atoms with Gasteiger partial charge in [-0.2, -0.15) is 0 Å². The van der Waals surface area contributed by atoms with Crippen LogP contribution in [0.4, 0.5) is 0 Å². The normalized spacial score (nSPS) is 16.6. The summed E-state index contributed by atoms with van der Waals surface area (Å²) >= 11 is 0. The predicted molar refractivity (Wildman–Crippen MR) is 118 cm³/mol. The van der Waals surface area contributed by atoms with Crippen LogP contribution in [0.1, 0.15) is 22.6 Å². The van der Waals surface area contributed by atoms with Crippen molar-refractivity contribution < 1.29 is 23.5 Å². The van der Waals surface area contributed by atoms with E-state index in [0.29, 0.717) is 22.1 Å². The Balaban J connectivity index is 1.88. The van der Waals surface area contributed by atoms with Crippen LogP contribution in [0.25, 0.3) is 21.7 Å². The van der Waals surface area contributed by atoms with Gasteiger partial charge in [0, 0.05) is 17.7 Å². The molecule has 4 aromatic rings. The Bertz CT molecular complexity index is 1430. The van der Waals surface area contributed by atoms with Crippen LogP contribution >= 0.6 is 0 Å². The smallest absolute Gasteiger partial charge is 0.340 e. The number of fused-ring (bicyclic) bond motifs is 4. The van der Waals surface area contributed by atoms with E-state index in [4.69, 9.17) is 13.9 Å². The fraction of sp³-hybridized carbons (Fsp3) is 0.192. The largest absolute Gasteiger partial charge is 0.468 e. The fourth-order valence-electron chi connectivity index (χ4n) is 5.00. The van der Waals surface area contributed by atoms with Gasteiger partial charge in [0.25, 0.3) is 0 Å². The Hall–Kier alpha value is -3.93. The number of para-hydroxylation sites is 1. The molecule has 0 amide bonds. The lowest BCUT2D eigenvalue weighted by Crippen LogP contribution is -2.45. The van der Waals surface area contributed by atoms with Crippen LogP contribution in [0.5, 0.6) is 0 Å². The third-order valence-corrected chi connectivity index (χ3v) is 6.40. The first-order valence-corrected chi connectivity index (χ1v) is 10.2. The fourth-order valence-corrected chi connectivity index (χ4v) is 5.00. The molecule has 160 valence electrons. The second kappa shape index (κ2) is 7.34. The average Bonchev–Trinajstić information content (AvgIpc) is 3.21. The number of methoxy groups -OCH3 is 2. The molecule has 1 aliphatic carbocycles. The van der Waals surface area contributed by atoms with Crippen LogP contribution in [0.3, 0.4) is 0 Å². The Morgan fingerprint density at radius 3 is 2.28 bits per heavy atom. The van der Waals surface area contributed by atoms with Crippen molar-refractivity contribution in [3.8, 4) is 0 Å². The number of carbonyl (C=O) groups is 2. The standard InChI is InChI=1S/C26H20O6/c1-30-24(28)26(25(29)31-2)14-19-18-9-5-6-10-20(18)32-23(27)21(19)22(26)17-12-11-15-7-3-4-8-16(15)13-17/h3-13,22H,14H2,1-2H3/t22-/m0/s1. The van der Waals surface area contributed by atoms with Crippen LogP contribution in [0.2, 0.25) is 0 Å². The van der Waals surface area contributed by atoms with Crippen molar-refractivity contribution in [3.05, 3.63) is 93.8 Å². The van der Waals surface area contributed by atoms with Crippen molar-refractivity contribution in [2.24, 2.45) is 5.41 Å². The van der Waals surface area contributed by atoms with E-state index >= 15 is 0 Å². The predicted octanol–water partition coefficient (Wildman–Crippen LogP) is 3.97. The van der Waals surface area contributed by atoms with Crippen molar-refractivity contribution >= 4 is 33.7 Å². The molecular formula is C26H20O6. The first kappa shape index (κ1) is 20.0. The van der Waals surface area contributed by atoms with Gasteiger partial charge in [-0.1, -0.05) is 60.7 Å². The molecule has 0 spiro atoms. The van der Waals surface area contributed by atoms with Gasteiger partial charge in [0.2, 0.25) is 0 Å². The quantitative estimate of drug-likeness (QED) is 0.279. The van der Waals surface area contributed by atoms with Crippen molar-refractivity contribution in [3.63, 3.8) is 0 Å². The van der Waals surface area contributed by atoms with Gasteiger partial charge in [0.05, 0.1) is 19.8 Å². The maximum Gasteiger partial charge on any atom is 0.340 e. The highest BCUT2D eigenvalue weighted by molar-refractivity contribution is 6.04. The summed E-state index contributed by atoms with van der Waals surface area (Å²) < 4.78 is 15.8. The molecule has 1 atom stereocenters. The van der Waals surface area contributed by atoms with Gasteiger partial charge in [-0.25, -0.2) is 4.79 Å². The maximum absolute atomic E-state index is 13.2. The van der Waals surface area contributed by atoms with E-state index in [1.165, 1.54) is 14.2 Å². The van der Waals surface area contributed by atoms with Crippen LogP contribution in [0.15, 0.2) is 75.9 Å². The van der Waals surface area contributed by atoms with Crippen LogP contribution < -0.4 is 5.63 Å². The molecule has 0 radical (unpaired) electrons. The molecule has 0 saturated carbocycles. The summed E-state index contributed by atoms with van der Waals surface area (Å²) in [6.07, 6.45) is -0.0225. The molecule has 0 saturated heterocycles. The SMILES string of the molecule is COC(=O)C1(C(=O)OC)Cc2c(c(=O)oc3ccccc23)[C@@H]1c1ccc2ccccc2c1. The summed E-state index contributed by atoms with van der Waals surface area (Å²) in [5, 5.41) is 2.61. The number of carbonyl (C=O) groups excluding carboxylic acids is 2. The molecule has 1 aliphatic rings. The highest BCUT2D eigenvalue weighted by Gasteiger charge is 2.61. The highest BCUT2D eigenvalue weighted by Crippen LogP contribution is 2.53. The molecule has 0 aliphatic heterocycles. The van der Waals surface area contributed by atoms with E-state index in [0.717, 1.165) is 10.8 Å². The Morgan fingerprint density at radius 2 is 1.56 bits per heavy atom. The average molecular weight is 428 g/mol. The van der Waals surface area contributed by atoms with Gasteiger partial charge in [0.1, 0.15) is 5.58 Å². The minimum atomic E-state index is -1.74. The molecule has 1 heterocycles. The second-order valence-corrected chi connectivity index (χ2v) is 7.95. The zero-order chi connectivity index (χ0) is 22.5. The number of ether oxygens (including phenoxy) is 2. The lowest BCUT2D eigenvalue weighted by Gasteiger charge is -2.30. The zero-order valence-electron chi connectivity index (χ0n) is 17.6. The Morgan fingerprint density at radius 1 is 0.906 bits per heavy atom. The van der Waals surface area contributed by atoms with Gasteiger partial charge in [0.15, 0.2) is 5.41 Å². The molecule has 3 aromatic carbocycles.